The van der Waals surface area contributed by atoms with Crippen molar-refractivity contribution < 1.29 is 23.3 Å². The molecule has 2 aliphatic rings. The van der Waals surface area contributed by atoms with E-state index >= 15 is 0 Å². The molecule has 2 aliphatic heterocycles. The first-order valence-electron chi connectivity index (χ1n) is 8.31. The minimum Gasteiger partial charge on any atom is -0.616 e. The van der Waals surface area contributed by atoms with Gasteiger partial charge in [0.15, 0.2) is 0 Å². The van der Waals surface area contributed by atoms with Crippen LogP contribution in [-0.2, 0) is 20.7 Å². The first-order chi connectivity index (χ1) is 11.9. The van der Waals surface area contributed by atoms with Crippen molar-refractivity contribution in [1.29, 1.82) is 0 Å². The molecule has 8 heteroatoms. The van der Waals surface area contributed by atoms with Crippen molar-refractivity contribution in [3.05, 3.63) is 29.6 Å². The number of benzene rings is 1. The van der Waals surface area contributed by atoms with E-state index in [0.29, 0.717) is 35.6 Å². The number of halogens is 1. The SMILES string of the molecule is CC(=O)NC[C@H]1CN(c2ccc([C@H]3CC[S@+]([O-])CC3)c(F)c2)C(=O)O1. The molecule has 0 unspecified atom stereocenters. The molecule has 0 aromatic heterocycles. The van der Waals surface area contributed by atoms with Crippen LogP contribution >= 0.6 is 0 Å². The lowest BCUT2D eigenvalue weighted by Gasteiger charge is -2.25. The summed E-state index contributed by atoms with van der Waals surface area (Å²) in [6.07, 6.45) is 0.434. The van der Waals surface area contributed by atoms with Gasteiger partial charge in [0, 0.05) is 6.92 Å². The number of hydrogen-bond donors (Lipinski definition) is 1. The number of nitrogens with one attached hydrogen (secondary N) is 1. The summed E-state index contributed by atoms with van der Waals surface area (Å²) in [4.78, 5) is 24.3. The lowest BCUT2D eigenvalue weighted by atomic mass is 9.93. The van der Waals surface area contributed by atoms with Crippen LogP contribution < -0.4 is 10.2 Å². The van der Waals surface area contributed by atoms with E-state index in [2.05, 4.69) is 5.32 Å². The van der Waals surface area contributed by atoms with E-state index in [-0.39, 0.29) is 30.7 Å². The molecule has 2 amide bonds. The Hall–Kier alpha value is -1.80. The van der Waals surface area contributed by atoms with Crippen molar-refractivity contribution in [2.24, 2.45) is 0 Å². The van der Waals surface area contributed by atoms with Crippen molar-refractivity contribution in [1.82, 2.24) is 5.32 Å². The molecule has 25 heavy (non-hydrogen) atoms. The summed E-state index contributed by atoms with van der Waals surface area (Å²) in [5.41, 5.74) is 1.05. The minimum atomic E-state index is -0.784. The summed E-state index contributed by atoms with van der Waals surface area (Å²) >= 11 is -0.784. The maximum absolute atomic E-state index is 14.6. The molecule has 0 spiro atoms. The molecule has 3 rings (SSSR count). The zero-order valence-corrected chi connectivity index (χ0v) is 14.8. The van der Waals surface area contributed by atoms with E-state index in [1.54, 1.807) is 12.1 Å². The van der Waals surface area contributed by atoms with Gasteiger partial charge in [-0.25, -0.2) is 9.18 Å². The third kappa shape index (κ3) is 4.24. The van der Waals surface area contributed by atoms with Crippen LogP contribution in [0, 0.1) is 5.82 Å². The minimum absolute atomic E-state index is 0.0739. The maximum atomic E-state index is 14.6. The second-order valence-electron chi connectivity index (χ2n) is 6.38. The topological polar surface area (TPSA) is 81.7 Å². The van der Waals surface area contributed by atoms with Crippen LogP contribution in [0.15, 0.2) is 18.2 Å². The van der Waals surface area contributed by atoms with Crippen molar-refractivity contribution in [3.8, 4) is 0 Å². The van der Waals surface area contributed by atoms with Gasteiger partial charge in [0.05, 0.1) is 18.8 Å². The molecule has 1 aromatic carbocycles. The van der Waals surface area contributed by atoms with E-state index < -0.39 is 23.4 Å². The summed E-state index contributed by atoms with van der Waals surface area (Å²) in [5.74, 6) is 0.737. The zero-order valence-electron chi connectivity index (χ0n) is 14.0. The zero-order chi connectivity index (χ0) is 18.0. The Morgan fingerprint density at radius 3 is 2.80 bits per heavy atom. The summed E-state index contributed by atoms with van der Waals surface area (Å²) in [6, 6.07) is 4.77. The Morgan fingerprint density at radius 1 is 1.44 bits per heavy atom. The molecule has 136 valence electrons. The molecule has 2 heterocycles. The third-order valence-electron chi connectivity index (χ3n) is 4.58. The lowest BCUT2D eigenvalue weighted by molar-refractivity contribution is -0.119. The quantitative estimate of drug-likeness (QED) is 0.823. The summed E-state index contributed by atoms with van der Waals surface area (Å²) in [5, 5.41) is 2.61. The smallest absolute Gasteiger partial charge is 0.414 e. The van der Waals surface area contributed by atoms with Gasteiger partial charge in [-0.2, -0.15) is 0 Å². The number of carbonyl (C=O) groups is 2. The highest BCUT2D eigenvalue weighted by molar-refractivity contribution is 7.91. The van der Waals surface area contributed by atoms with Gasteiger partial charge in [0.1, 0.15) is 23.4 Å². The van der Waals surface area contributed by atoms with Crippen molar-refractivity contribution in [2.75, 3.05) is 29.5 Å². The van der Waals surface area contributed by atoms with Gasteiger partial charge < -0.3 is 14.6 Å². The van der Waals surface area contributed by atoms with Crippen molar-refractivity contribution >= 4 is 28.9 Å². The van der Waals surface area contributed by atoms with Crippen LogP contribution in [0.2, 0.25) is 0 Å². The van der Waals surface area contributed by atoms with E-state index in [1.165, 1.54) is 17.9 Å². The van der Waals surface area contributed by atoms with Gasteiger partial charge in [-0.1, -0.05) is 17.2 Å². The molecular formula is C17H21FN2O4S. The van der Waals surface area contributed by atoms with Gasteiger partial charge in [-0.05, 0) is 36.5 Å². The van der Waals surface area contributed by atoms with Crippen molar-refractivity contribution in [2.45, 2.75) is 31.8 Å². The predicted molar refractivity (Wildman–Crippen MR) is 92.6 cm³/mol. The molecule has 1 aromatic rings. The fourth-order valence-electron chi connectivity index (χ4n) is 3.22. The molecule has 0 aliphatic carbocycles. The highest BCUT2D eigenvalue weighted by Crippen LogP contribution is 2.33. The lowest BCUT2D eigenvalue weighted by Crippen LogP contribution is -2.33. The monoisotopic (exact) mass is 368 g/mol. The Bertz CT molecular complexity index is 664. The van der Waals surface area contributed by atoms with E-state index in [4.69, 9.17) is 4.74 Å². The van der Waals surface area contributed by atoms with Gasteiger partial charge in [0.2, 0.25) is 5.91 Å². The average molecular weight is 368 g/mol. The standard InChI is InChI=1S/C17H21FN2O4S/c1-11(21)19-9-14-10-20(17(22)24-14)13-2-3-15(16(18)8-13)12-4-6-25(23)7-5-12/h2-3,8,12,14H,4-7,9-10H2,1H3,(H,19,21)/t12-,14-,25-/m0/s1. The van der Waals surface area contributed by atoms with Gasteiger partial charge >= 0.3 is 6.09 Å². The number of amides is 2. The fraction of sp³-hybridized carbons (Fsp3) is 0.529. The van der Waals surface area contributed by atoms with Gasteiger partial charge in [-0.3, -0.25) is 9.69 Å². The van der Waals surface area contributed by atoms with Crippen LogP contribution in [0.5, 0.6) is 0 Å². The highest BCUT2D eigenvalue weighted by atomic mass is 32.2. The molecule has 0 bridgehead atoms. The molecule has 2 fully saturated rings. The molecule has 6 nitrogen and oxygen atoms in total. The number of rotatable bonds is 4. The first kappa shape index (κ1) is 18.0. The molecule has 1 atom stereocenters. The molecule has 0 saturated carbocycles. The van der Waals surface area contributed by atoms with Crippen LogP contribution in [0.4, 0.5) is 14.9 Å². The largest absolute Gasteiger partial charge is 0.616 e. The Balaban J connectivity index is 1.68. The van der Waals surface area contributed by atoms with E-state index in [0.717, 1.165) is 0 Å². The van der Waals surface area contributed by atoms with Crippen molar-refractivity contribution in [3.63, 3.8) is 0 Å². The van der Waals surface area contributed by atoms with Crippen LogP contribution in [0.25, 0.3) is 0 Å². The molecule has 1 N–H and O–H groups in total. The average Bonchev–Trinajstić information content (AvgIpc) is 2.95. The summed E-state index contributed by atoms with van der Waals surface area (Å²) in [6.45, 7) is 1.89. The Morgan fingerprint density at radius 2 is 2.16 bits per heavy atom. The van der Waals surface area contributed by atoms with Crippen LogP contribution in [0.3, 0.4) is 0 Å². The normalized spacial score (nSPS) is 26.4. The molecular weight excluding hydrogens is 347 g/mol. The summed E-state index contributed by atoms with van der Waals surface area (Å²) < 4.78 is 31.2. The van der Waals surface area contributed by atoms with Gasteiger partial charge in [-0.15, -0.1) is 0 Å². The van der Waals surface area contributed by atoms with Gasteiger partial charge in [0.25, 0.3) is 0 Å². The third-order valence-corrected chi connectivity index (χ3v) is 5.96. The number of carbonyl (C=O) groups excluding carboxylic acids is 2. The van der Waals surface area contributed by atoms with E-state index in [1.807, 2.05) is 0 Å². The first-order valence-corrected chi connectivity index (χ1v) is 9.80. The number of ether oxygens (including phenoxy) is 1. The van der Waals surface area contributed by atoms with Crippen LogP contribution in [0.1, 0.15) is 31.2 Å². The number of hydrogen-bond acceptors (Lipinski definition) is 4. The number of cyclic esters (lactones) is 1. The second kappa shape index (κ2) is 7.61. The second-order valence-corrected chi connectivity index (χ2v) is 8.08. The summed E-state index contributed by atoms with van der Waals surface area (Å²) in [7, 11) is 0. The maximum Gasteiger partial charge on any atom is 0.414 e. The molecule has 0 radical (unpaired) electrons. The number of anilines is 1. The van der Waals surface area contributed by atoms with Crippen LogP contribution in [-0.4, -0.2) is 47.3 Å². The number of nitrogens with zero attached hydrogens (tertiary/aromatic N) is 1. The Kier molecular flexibility index (Phi) is 5.48. The van der Waals surface area contributed by atoms with E-state index in [9.17, 15) is 18.5 Å². The predicted octanol–water partition coefficient (Wildman–Crippen LogP) is 1.91. The Labute approximate surface area is 148 Å². The highest BCUT2D eigenvalue weighted by Gasteiger charge is 2.33. The molecule has 2 saturated heterocycles. The fourth-order valence-corrected chi connectivity index (χ4v) is 4.52.